The van der Waals surface area contributed by atoms with Gasteiger partial charge in [-0.1, -0.05) is 11.6 Å². The maximum absolute atomic E-state index is 12.5. The molecule has 3 N–H and O–H groups in total. The summed E-state index contributed by atoms with van der Waals surface area (Å²) in [6.45, 7) is 0. The number of benzene rings is 1. The molecule has 1 rings (SSSR count). The highest BCUT2D eigenvalue weighted by Gasteiger charge is 2.07. The molecule has 0 aromatic heterocycles. The van der Waals surface area contributed by atoms with Crippen LogP contribution in [0.5, 0.6) is 5.75 Å². The van der Waals surface area contributed by atoms with Crippen LogP contribution in [0.3, 0.4) is 0 Å². The molecule has 0 heterocycles. The third-order valence-electron chi connectivity index (χ3n) is 1.10. The first-order chi connectivity index (χ1) is 4.63. The third-order valence-corrected chi connectivity index (χ3v) is 1.40. The number of nitrogen functional groups attached to an aromatic ring is 1. The fourth-order valence-corrected chi connectivity index (χ4v) is 0.703. The van der Waals surface area contributed by atoms with E-state index in [2.05, 4.69) is 0 Å². The average molecular weight is 162 g/mol. The number of halogens is 2. The summed E-state index contributed by atoms with van der Waals surface area (Å²) in [7, 11) is 0. The summed E-state index contributed by atoms with van der Waals surface area (Å²) in [5.41, 5.74) is 4.99. The predicted molar refractivity (Wildman–Crippen MR) is 37.5 cm³/mol. The molecule has 0 radical (unpaired) electrons. The monoisotopic (exact) mass is 161 g/mol. The van der Waals surface area contributed by atoms with Crippen molar-refractivity contribution < 1.29 is 9.50 Å². The molecule has 0 saturated heterocycles. The number of anilines is 1. The van der Waals surface area contributed by atoms with E-state index in [1.54, 1.807) is 0 Å². The minimum absolute atomic E-state index is 0.0355. The zero-order valence-corrected chi connectivity index (χ0v) is 5.69. The van der Waals surface area contributed by atoms with Crippen LogP contribution in [0.2, 0.25) is 5.02 Å². The van der Waals surface area contributed by atoms with Gasteiger partial charge in [0.25, 0.3) is 0 Å². The van der Waals surface area contributed by atoms with E-state index >= 15 is 0 Å². The second-order valence-corrected chi connectivity index (χ2v) is 2.21. The highest BCUT2D eigenvalue weighted by molar-refractivity contribution is 6.32. The fourth-order valence-electron chi connectivity index (χ4n) is 0.557. The van der Waals surface area contributed by atoms with Crippen molar-refractivity contribution in [3.05, 3.63) is 23.0 Å². The summed E-state index contributed by atoms with van der Waals surface area (Å²) < 4.78 is 12.5. The molecule has 4 heteroatoms. The fraction of sp³-hybridized carbons (Fsp3) is 0. The van der Waals surface area contributed by atoms with Crippen LogP contribution in [-0.2, 0) is 0 Å². The molecule has 0 bridgehead atoms. The molecular formula is C6H5ClFNO. The van der Waals surface area contributed by atoms with E-state index in [-0.39, 0.29) is 10.7 Å². The Morgan fingerprint density at radius 2 is 2.10 bits per heavy atom. The van der Waals surface area contributed by atoms with Crippen LogP contribution in [-0.4, -0.2) is 5.11 Å². The Kier molecular flexibility index (Phi) is 1.68. The first kappa shape index (κ1) is 7.15. The summed E-state index contributed by atoms with van der Waals surface area (Å²) in [5, 5.41) is 8.76. The molecule has 0 amide bonds. The summed E-state index contributed by atoms with van der Waals surface area (Å²) in [5.74, 6) is -1.46. The van der Waals surface area contributed by atoms with Crippen molar-refractivity contribution in [2.24, 2.45) is 0 Å². The minimum Gasteiger partial charge on any atom is -0.504 e. The van der Waals surface area contributed by atoms with Crippen LogP contribution in [0.15, 0.2) is 12.1 Å². The van der Waals surface area contributed by atoms with Gasteiger partial charge in [0.15, 0.2) is 11.6 Å². The van der Waals surface area contributed by atoms with Gasteiger partial charge >= 0.3 is 0 Å². The summed E-state index contributed by atoms with van der Waals surface area (Å²) in [6.07, 6.45) is 0. The van der Waals surface area contributed by atoms with E-state index in [1.165, 1.54) is 12.1 Å². The van der Waals surface area contributed by atoms with E-state index < -0.39 is 11.6 Å². The number of rotatable bonds is 0. The van der Waals surface area contributed by atoms with Crippen molar-refractivity contribution >= 4 is 17.3 Å². The van der Waals surface area contributed by atoms with Gasteiger partial charge in [-0.2, -0.15) is 0 Å². The van der Waals surface area contributed by atoms with Gasteiger partial charge in [-0.15, -0.1) is 0 Å². The molecule has 54 valence electrons. The Hall–Kier alpha value is -0.960. The predicted octanol–water partition coefficient (Wildman–Crippen LogP) is 1.77. The second kappa shape index (κ2) is 2.34. The van der Waals surface area contributed by atoms with E-state index in [4.69, 9.17) is 22.4 Å². The number of phenolic OH excluding ortho intramolecular Hbond substituents is 1. The maximum atomic E-state index is 12.5. The molecule has 1 aromatic rings. The van der Waals surface area contributed by atoms with Gasteiger partial charge in [0, 0.05) is 0 Å². The Bertz CT molecular complexity index is 237. The lowest BCUT2D eigenvalue weighted by Crippen LogP contribution is -1.89. The third kappa shape index (κ3) is 0.998. The maximum Gasteiger partial charge on any atom is 0.189 e. The largest absolute Gasteiger partial charge is 0.504 e. The molecule has 10 heavy (non-hydrogen) atoms. The number of hydrogen-bond acceptors (Lipinski definition) is 2. The minimum atomic E-state index is -0.868. The van der Waals surface area contributed by atoms with E-state index in [1.807, 2.05) is 0 Å². The standard InChI is InChI=1S/C6H5ClFNO/c7-3-1-2-4(9)5(8)6(3)10/h1-2,10H,9H2. The van der Waals surface area contributed by atoms with Crippen molar-refractivity contribution in [2.45, 2.75) is 0 Å². The Balaban J connectivity index is 3.34. The van der Waals surface area contributed by atoms with Crippen LogP contribution in [0.4, 0.5) is 10.1 Å². The van der Waals surface area contributed by atoms with Crippen LogP contribution in [0, 0.1) is 5.82 Å². The molecule has 0 unspecified atom stereocenters. The van der Waals surface area contributed by atoms with Crippen LogP contribution in [0.1, 0.15) is 0 Å². The Labute approximate surface area is 62.0 Å². The van der Waals surface area contributed by atoms with E-state index in [9.17, 15) is 4.39 Å². The molecule has 2 nitrogen and oxygen atoms in total. The number of nitrogens with two attached hydrogens (primary N) is 1. The van der Waals surface area contributed by atoms with Gasteiger partial charge in [0.2, 0.25) is 0 Å². The average Bonchev–Trinajstić information content (AvgIpc) is 1.93. The lowest BCUT2D eigenvalue weighted by atomic mass is 10.3. The SMILES string of the molecule is Nc1ccc(Cl)c(O)c1F. The zero-order chi connectivity index (χ0) is 7.72. The van der Waals surface area contributed by atoms with Gasteiger partial charge in [-0.25, -0.2) is 4.39 Å². The molecule has 0 aliphatic carbocycles. The number of phenols is 1. The molecule has 0 saturated carbocycles. The molecular weight excluding hydrogens is 157 g/mol. The van der Waals surface area contributed by atoms with Crippen molar-refractivity contribution in [1.29, 1.82) is 0 Å². The molecule has 0 fully saturated rings. The van der Waals surface area contributed by atoms with Gasteiger partial charge in [0.05, 0.1) is 10.7 Å². The summed E-state index contributed by atoms with van der Waals surface area (Å²) >= 11 is 5.34. The van der Waals surface area contributed by atoms with Gasteiger partial charge < -0.3 is 10.8 Å². The van der Waals surface area contributed by atoms with E-state index in [0.29, 0.717) is 0 Å². The smallest absolute Gasteiger partial charge is 0.189 e. The number of hydrogen-bond donors (Lipinski definition) is 2. The molecule has 0 aliphatic heterocycles. The zero-order valence-electron chi connectivity index (χ0n) is 4.94. The summed E-state index contributed by atoms with van der Waals surface area (Å²) in [4.78, 5) is 0. The van der Waals surface area contributed by atoms with Crippen LogP contribution >= 0.6 is 11.6 Å². The first-order valence-electron chi connectivity index (χ1n) is 2.55. The quantitative estimate of drug-likeness (QED) is 0.570. The highest BCUT2D eigenvalue weighted by atomic mass is 35.5. The lowest BCUT2D eigenvalue weighted by Gasteiger charge is -1.99. The van der Waals surface area contributed by atoms with Crippen molar-refractivity contribution in [1.82, 2.24) is 0 Å². The lowest BCUT2D eigenvalue weighted by molar-refractivity contribution is 0.434. The van der Waals surface area contributed by atoms with Gasteiger partial charge in [-0.05, 0) is 12.1 Å². The van der Waals surface area contributed by atoms with Crippen molar-refractivity contribution in [2.75, 3.05) is 5.73 Å². The molecule has 1 aromatic carbocycles. The topological polar surface area (TPSA) is 46.2 Å². The van der Waals surface area contributed by atoms with Gasteiger partial charge in [0.1, 0.15) is 0 Å². The second-order valence-electron chi connectivity index (χ2n) is 1.80. The molecule has 0 spiro atoms. The Morgan fingerprint density at radius 1 is 1.50 bits per heavy atom. The van der Waals surface area contributed by atoms with E-state index in [0.717, 1.165) is 0 Å². The highest BCUT2D eigenvalue weighted by Crippen LogP contribution is 2.29. The first-order valence-corrected chi connectivity index (χ1v) is 2.93. The van der Waals surface area contributed by atoms with Gasteiger partial charge in [-0.3, -0.25) is 0 Å². The van der Waals surface area contributed by atoms with Crippen LogP contribution in [0.25, 0.3) is 0 Å². The Morgan fingerprint density at radius 3 is 2.60 bits per heavy atom. The normalized spacial score (nSPS) is 9.80. The van der Waals surface area contributed by atoms with Crippen molar-refractivity contribution in [3.63, 3.8) is 0 Å². The molecule has 0 aliphatic rings. The summed E-state index contributed by atoms with van der Waals surface area (Å²) in [6, 6.07) is 2.62. The van der Waals surface area contributed by atoms with Crippen molar-refractivity contribution in [3.8, 4) is 5.75 Å². The molecule has 0 atom stereocenters. The van der Waals surface area contributed by atoms with Crippen LogP contribution < -0.4 is 5.73 Å². The number of aromatic hydroxyl groups is 1.